The second-order valence-corrected chi connectivity index (χ2v) is 5.98. The van der Waals surface area contributed by atoms with Crippen molar-refractivity contribution in [2.45, 2.75) is 38.2 Å². The van der Waals surface area contributed by atoms with E-state index < -0.39 is 10.0 Å². The summed E-state index contributed by atoms with van der Waals surface area (Å²) in [5.41, 5.74) is 0.321. The van der Waals surface area contributed by atoms with Crippen LogP contribution in [0.15, 0.2) is 9.31 Å². The Balaban J connectivity index is 2.77. The molecule has 1 aromatic rings. The summed E-state index contributed by atoms with van der Waals surface area (Å²) in [6, 6.07) is 0. The lowest BCUT2D eigenvalue weighted by Gasteiger charge is -2.07. The molecule has 0 atom stereocenters. The highest BCUT2D eigenvalue weighted by Gasteiger charge is 2.25. The first-order valence-corrected chi connectivity index (χ1v) is 7.60. The third kappa shape index (κ3) is 4.04. The summed E-state index contributed by atoms with van der Waals surface area (Å²) in [5.74, 6) is 0.727. The fourth-order valence-corrected chi connectivity index (χ4v) is 3.40. The highest BCUT2D eigenvalue weighted by molar-refractivity contribution is 7.89. The minimum atomic E-state index is -3.64. The molecule has 2 N–H and O–H groups in total. The van der Waals surface area contributed by atoms with Crippen LogP contribution in [0.25, 0.3) is 0 Å². The number of methoxy groups -OCH3 is 1. The first kappa shape index (κ1) is 16.2. The lowest BCUT2D eigenvalue weighted by molar-refractivity contribution is 0.193. The predicted octanol–water partition coefficient (Wildman–Crippen LogP) is 1.09. The number of aliphatic hydroxyl groups is 1. The van der Waals surface area contributed by atoms with E-state index in [1.165, 1.54) is 0 Å². The molecule has 19 heavy (non-hydrogen) atoms. The molecular weight excluding hydrogens is 270 g/mol. The quantitative estimate of drug-likeness (QED) is 0.700. The Morgan fingerprint density at radius 2 is 1.95 bits per heavy atom. The molecule has 0 aliphatic heterocycles. The van der Waals surface area contributed by atoms with Crippen LogP contribution in [0.2, 0.25) is 0 Å². The maximum Gasteiger partial charge on any atom is 0.244 e. The molecule has 1 heterocycles. The van der Waals surface area contributed by atoms with Gasteiger partial charge >= 0.3 is 0 Å². The summed E-state index contributed by atoms with van der Waals surface area (Å²) in [6.07, 6.45) is 1.48. The van der Waals surface area contributed by atoms with Crippen molar-refractivity contribution < 1.29 is 22.7 Å². The topological polar surface area (TPSA) is 88.8 Å². The first-order chi connectivity index (χ1) is 8.94. The highest BCUT2D eigenvalue weighted by Crippen LogP contribution is 2.26. The van der Waals surface area contributed by atoms with Crippen molar-refractivity contribution in [3.63, 3.8) is 0 Å². The van der Waals surface area contributed by atoms with E-state index in [0.717, 1.165) is 6.42 Å². The van der Waals surface area contributed by atoms with Crippen molar-refractivity contribution in [2.75, 3.05) is 20.3 Å². The molecule has 0 bridgehead atoms. The zero-order chi connectivity index (χ0) is 14.5. The van der Waals surface area contributed by atoms with Crippen LogP contribution >= 0.6 is 0 Å². The van der Waals surface area contributed by atoms with Crippen LogP contribution in [0.5, 0.6) is 0 Å². The zero-order valence-electron chi connectivity index (χ0n) is 11.5. The number of aryl methyl sites for hydroxylation is 2. The Morgan fingerprint density at radius 3 is 2.53 bits per heavy atom. The molecule has 1 rings (SSSR count). The summed E-state index contributed by atoms with van der Waals surface area (Å²) < 4.78 is 37.0. The van der Waals surface area contributed by atoms with Crippen LogP contribution in [0.3, 0.4) is 0 Å². The highest BCUT2D eigenvalue weighted by atomic mass is 32.2. The Kier molecular flexibility index (Phi) is 5.99. The summed E-state index contributed by atoms with van der Waals surface area (Å²) in [6.45, 7) is 3.79. The molecule has 0 radical (unpaired) electrons. The van der Waals surface area contributed by atoms with Crippen LogP contribution < -0.4 is 4.72 Å². The Labute approximate surface area is 113 Å². The van der Waals surface area contributed by atoms with E-state index in [9.17, 15) is 13.5 Å². The molecule has 0 fully saturated rings. The van der Waals surface area contributed by atoms with Crippen LogP contribution in [0.1, 0.15) is 29.9 Å². The first-order valence-electron chi connectivity index (χ1n) is 6.12. The van der Waals surface area contributed by atoms with E-state index in [0.29, 0.717) is 36.7 Å². The van der Waals surface area contributed by atoms with Gasteiger partial charge in [-0.2, -0.15) is 0 Å². The summed E-state index contributed by atoms with van der Waals surface area (Å²) in [5, 5.41) is 9.25. The average Bonchev–Trinajstić information content (AvgIpc) is 2.63. The SMILES string of the molecule is COCCCCNS(=O)(=O)c1c(C)oc(C)c1CO. The fraction of sp³-hybridized carbons (Fsp3) is 0.667. The Morgan fingerprint density at radius 1 is 1.26 bits per heavy atom. The number of hydrogen-bond donors (Lipinski definition) is 2. The van der Waals surface area contributed by atoms with Gasteiger partial charge in [0, 0.05) is 25.8 Å². The largest absolute Gasteiger partial charge is 0.465 e. The molecule has 110 valence electrons. The molecule has 0 aliphatic carbocycles. The molecule has 0 spiro atoms. The van der Waals surface area contributed by atoms with Gasteiger partial charge in [0.25, 0.3) is 0 Å². The molecule has 0 unspecified atom stereocenters. The van der Waals surface area contributed by atoms with Gasteiger partial charge in [0.15, 0.2) is 0 Å². The van der Waals surface area contributed by atoms with Crippen molar-refractivity contribution in [2.24, 2.45) is 0 Å². The molecule has 1 aromatic heterocycles. The molecule has 0 saturated carbocycles. The van der Waals surface area contributed by atoms with E-state index in [1.807, 2.05) is 0 Å². The number of aliphatic hydroxyl groups excluding tert-OH is 1. The number of furan rings is 1. The molecule has 7 heteroatoms. The average molecular weight is 291 g/mol. The summed E-state index contributed by atoms with van der Waals surface area (Å²) in [4.78, 5) is 0.0549. The number of unbranched alkanes of at least 4 members (excludes halogenated alkanes) is 1. The van der Waals surface area contributed by atoms with E-state index in [1.54, 1.807) is 21.0 Å². The minimum Gasteiger partial charge on any atom is -0.465 e. The third-order valence-corrected chi connectivity index (χ3v) is 4.47. The number of nitrogens with one attached hydrogen (secondary N) is 1. The van der Waals surface area contributed by atoms with Crippen molar-refractivity contribution in [1.29, 1.82) is 0 Å². The number of sulfonamides is 1. The van der Waals surface area contributed by atoms with Gasteiger partial charge in [-0.1, -0.05) is 0 Å². The summed E-state index contributed by atoms with van der Waals surface area (Å²) in [7, 11) is -2.04. The standard InChI is InChI=1S/C12H21NO5S/c1-9-11(8-14)12(10(2)18-9)19(15,16)13-6-4-5-7-17-3/h13-14H,4-8H2,1-3H3. The van der Waals surface area contributed by atoms with Crippen LogP contribution in [0, 0.1) is 13.8 Å². The van der Waals surface area contributed by atoms with Gasteiger partial charge in [-0.15, -0.1) is 0 Å². The minimum absolute atomic E-state index is 0.0549. The van der Waals surface area contributed by atoms with Gasteiger partial charge in [-0.05, 0) is 26.7 Å². The Bertz CT molecular complexity index is 506. The lowest BCUT2D eigenvalue weighted by atomic mass is 10.2. The van der Waals surface area contributed by atoms with Gasteiger partial charge in [-0.25, -0.2) is 13.1 Å². The molecule has 6 nitrogen and oxygen atoms in total. The maximum absolute atomic E-state index is 12.2. The zero-order valence-corrected chi connectivity index (χ0v) is 12.3. The van der Waals surface area contributed by atoms with Crippen molar-refractivity contribution in [3.8, 4) is 0 Å². The van der Waals surface area contributed by atoms with Gasteiger partial charge in [0.2, 0.25) is 10.0 Å². The smallest absolute Gasteiger partial charge is 0.244 e. The van der Waals surface area contributed by atoms with E-state index >= 15 is 0 Å². The molecule has 0 saturated heterocycles. The second kappa shape index (κ2) is 7.04. The summed E-state index contributed by atoms with van der Waals surface area (Å²) >= 11 is 0. The second-order valence-electron chi connectivity index (χ2n) is 4.28. The van der Waals surface area contributed by atoms with Gasteiger partial charge in [0.1, 0.15) is 16.4 Å². The van der Waals surface area contributed by atoms with E-state index in [-0.39, 0.29) is 11.5 Å². The van der Waals surface area contributed by atoms with Crippen molar-refractivity contribution in [1.82, 2.24) is 4.72 Å². The molecule has 0 aromatic carbocycles. The fourth-order valence-electron chi connectivity index (χ4n) is 1.89. The maximum atomic E-state index is 12.2. The normalized spacial score (nSPS) is 12.0. The van der Waals surface area contributed by atoms with Gasteiger partial charge < -0.3 is 14.3 Å². The van der Waals surface area contributed by atoms with Gasteiger partial charge in [-0.3, -0.25) is 0 Å². The van der Waals surface area contributed by atoms with E-state index in [2.05, 4.69) is 4.72 Å². The van der Waals surface area contributed by atoms with Crippen LogP contribution in [0.4, 0.5) is 0 Å². The molecule has 0 amide bonds. The number of hydrogen-bond acceptors (Lipinski definition) is 5. The number of ether oxygens (including phenoxy) is 1. The number of rotatable bonds is 8. The molecule has 0 aliphatic rings. The monoisotopic (exact) mass is 291 g/mol. The van der Waals surface area contributed by atoms with Crippen LogP contribution in [-0.4, -0.2) is 33.8 Å². The third-order valence-electron chi connectivity index (χ3n) is 2.82. The predicted molar refractivity (Wildman–Crippen MR) is 70.4 cm³/mol. The van der Waals surface area contributed by atoms with E-state index in [4.69, 9.17) is 9.15 Å². The lowest BCUT2D eigenvalue weighted by Crippen LogP contribution is -2.26. The Hall–Kier alpha value is -0.890. The van der Waals surface area contributed by atoms with Crippen LogP contribution in [-0.2, 0) is 21.4 Å². The van der Waals surface area contributed by atoms with Crippen molar-refractivity contribution in [3.05, 3.63) is 17.1 Å². The molecular formula is C12H21NO5S. The van der Waals surface area contributed by atoms with Gasteiger partial charge in [0.05, 0.1) is 6.61 Å². The van der Waals surface area contributed by atoms with Crippen molar-refractivity contribution >= 4 is 10.0 Å².